The minimum atomic E-state index is -3.03. The summed E-state index contributed by atoms with van der Waals surface area (Å²) in [7, 11) is -2.49. The van der Waals surface area contributed by atoms with E-state index < -0.39 is 16.2 Å². The summed E-state index contributed by atoms with van der Waals surface area (Å²) in [6, 6.07) is 7.42. The van der Waals surface area contributed by atoms with Gasteiger partial charge in [0.1, 0.15) is 5.75 Å². The summed E-state index contributed by atoms with van der Waals surface area (Å²) < 4.78 is 43.3. The molecule has 0 unspecified atom stereocenters. The first-order valence-corrected chi connectivity index (χ1v) is 12.0. The van der Waals surface area contributed by atoms with Gasteiger partial charge in [0.2, 0.25) is 0 Å². The lowest BCUT2D eigenvalue weighted by atomic mass is 10.2. The molecule has 0 aromatic heterocycles. The van der Waals surface area contributed by atoms with Crippen molar-refractivity contribution in [2.45, 2.75) is 40.8 Å². The van der Waals surface area contributed by atoms with Gasteiger partial charge in [-0.25, -0.2) is 0 Å². The Morgan fingerprint density at radius 2 is 1.37 bits per heavy atom. The second kappa shape index (κ2) is 16.4. The maximum absolute atomic E-state index is 12.3. The summed E-state index contributed by atoms with van der Waals surface area (Å²) in [6.07, 6.45) is 0.270. The Morgan fingerprint density at radius 1 is 0.852 bits per heavy atom. The van der Waals surface area contributed by atoms with Gasteiger partial charge in [-0.2, -0.15) is 0 Å². The summed E-state index contributed by atoms with van der Waals surface area (Å²) in [4.78, 5) is 0. The highest BCUT2D eigenvalue weighted by molar-refractivity contribution is 7.53. The van der Waals surface area contributed by atoms with Crippen LogP contribution in [0.3, 0.4) is 0 Å². The van der Waals surface area contributed by atoms with Crippen LogP contribution < -0.4 is 4.74 Å². The fourth-order valence-electron chi connectivity index (χ4n) is 1.94. The number of benzene rings is 1. The Bertz CT molecular complexity index is 504. The normalized spacial score (nSPS) is 11.2. The Morgan fingerprint density at radius 3 is 1.78 bits per heavy atom. The van der Waals surface area contributed by atoms with Crippen LogP contribution in [-0.2, 0) is 33.3 Å². The molecule has 7 nitrogen and oxygen atoms in total. The second-order valence-electron chi connectivity index (χ2n) is 4.93. The molecular formula is C18H34O7P2. The van der Waals surface area contributed by atoms with Gasteiger partial charge in [0.15, 0.2) is 0 Å². The third kappa shape index (κ3) is 12.5. The molecule has 0 aliphatic carbocycles. The van der Waals surface area contributed by atoms with Crippen LogP contribution in [0.1, 0.15) is 40.2 Å². The van der Waals surface area contributed by atoms with E-state index in [-0.39, 0.29) is 6.16 Å². The molecule has 0 amide bonds. The summed E-state index contributed by atoms with van der Waals surface area (Å²) in [6.45, 7) is 12.1. The smallest absolute Gasteiger partial charge is 0.335 e. The monoisotopic (exact) mass is 424 g/mol. The molecule has 0 atom stereocenters. The molecule has 1 aromatic rings. The summed E-state index contributed by atoms with van der Waals surface area (Å²) in [5, 5.41) is 0. The lowest BCUT2D eigenvalue weighted by molar-refractivity contribution is 0.176. The summed E-state index contributed by atoms with van der Waals surface area (Å²) in [5.74, 6) is 0.738. The number of hydrogen-bond donors (Lipinski definition) is 0. The van der Waals surface area contributed by atoms with Crippen molar-refractivity contribution in [2.24, 2.45) is 0 Å². The quantitative estimate of drug-likeness (QED) is 0.371. The predicted octanol–water partition coefficient (Wildman–Crippen LogP) is 5.78. The van der Waals surface area contributed by atoms with Crippen molar-refractivity contribution < 1.29 is 31.9 Å². The molecule has 0 bridgehead atoms. The fourth-order valence-corrected chi connectivity index (χ4v) is 4.49. The first-order valence-electron chi connectivity index (χ1n) is 9.18. The molecule has 0 heterocycles. The Labute approximate surface area is 165 Å². The third-order valence-electron chi connectivity index (χ3n) is 2.87. The van der Waals surface area contributed by atoms with Crippen molar-refractivity contribution in [2.75, 3.05) is 40.1 Å². The van der Waals surface area contributed by atoms with Crippen LogP contribution in [0, 0.1) is 0 Å². The minimum Gasteiger partial charge on any atom is -0.497 e. The molecule has 1 aromatic carbocycles. The standard InChI is InChI=1S/C12H19O4P.C6H15O3P/c1-4-15-17(13,16-5-2)10-11-7-6-8-12(9-11)14-3;1-4-7-10(8-5-2)9-6-3/h6-9H,4-5,10H2,1-3H3;4-6H2,1-3H3. The highest BCUT2D eigenvalue weighted by Crippen LogP contribution is 2.51. The molecule has 0 N–H and O–H groups in total. The van der Waals surface area contributed by atoms with Crippen molar-refractivity contribution in [3.05, 3.63) is 29.8 Å². The van der Waals surface area contributed by atoms with Crippen LogP contribution >= 0.6 is 16.2 Å². The second-order valence-corrected chi connectivity index (χ2v) is 8.21. The predicted molar refractivity (Wildman–Crippen MR) is 109 cm³/mol. The van der Waals surface area contributed by atoms with Gasteiger partial charge in [0, 0.05) is 0 Å². The number of methoxy groups -OCH3 is 1. The van der Waals surface area contributed by atoms with Gasteiger partial charge in [-0.1, -0.05) is 12.1 Å². The van der Waals surface area contributed by atoms with Crippen LogP contribution in [0.5, 0.6) is 5.75 Å². The summed E-state index contributed by atoms with van der Waals surface area (Å²) in [5.41, 5.74) is 0.884. The van der Waals surface area contributed by atoms with Crippen LogP contribution in [0.15, 0.2) is 24.3 Å². The molecule has 0 fully saturated rings. The molecule has 0 aliphatic rings. The van der Waals surface area contributed by atoms with Crippen LogP contribution in [0.4, 0.5) is 0 Å². The van der Waals surface area contributed by atoms with E-state index in [1.54, 1.807) is 21.0 Å². The van der Waals surface area contributed by atoms with Gasteiger partial charge in [0.25, 0.3) is 0 Å². The molecule has 1 rings (SSSR count). The van der Waals surface area contributed by atoms with Crippen molar-refractivity contribution in [3.63, 3.8) is 0 Å². The van der Waals surface area contributed by atoms with Crippen molar-refractivity contribution in [3.8, 4) is 5.75 Å². The van der Waals surface area contributed by atoms with Gasteiger partial charge < -0.3 is 27.4 Å². The average Bonchev–Trinajstić information content (AvgIpc) is 2.63. The van der Waals surface area contributed by atoms with Gasteiger partial charge in [0.05, 0.1) is 46.3 Å². The molecule has 0 aliphatic heterocycles. The maximum Gasteiger partial charge on any atom is 0.335 e. The molecule has 0 radical (unpaired) electrons. The number of ether oxygens (including phenoxy) is 1. The van der Waals surface area contributed by atoms with E-state index in [0.29, 0.717) is 33.0 Å². The van der Waals surface area contributed by atoms with E-state index in [9.17, 15) is 4.57 Å². The van der Waals surface area contributed by atoms with E-state index in [2.05, 4.69) is 0 Å². The zero-order chi connectivity index (χ0) is 20.5. The van der Waals surface area contributed by atoms with Gasteiger partial charge >= 0.3 is 16.2 Å². The maximum atomic E-state index is 12.3. The van der Waals surface area contributed by atoms with E-state index in [0.717, 1.165) is 11.3 Å². The Hall–Kier alpha value is -0.520. The van der Waals surface area contributed by atoms with Gasteiger partial charge in [-0.3, -0.25) is 4.57 Å². The number of hydrogen-bond acceptors (Lipinski definition) is 7. The van der Waals surface area contributed by atoms with Crippen LogP contribution in [-0.4, -0.2) is 40.1 Å². The number of rotatable bonds is 13. The van der Waals surface area contributed by atoms with E-state index in [1.807, 2.05) is 45.0 Å². The van der Waals surface area contributed by atoms with Crippen molar-refractivity contribution in [1.82, 2.24) is 0 Å². The SMILES string of the molecule is CCOP(=O)(Cc1cccc(OC)c1)OCC.CCOP(OCC)OCC. The van der Waals surface area contributed by atoms with Crippen LogP contribution in [0.2, 0.25) is 0 Å². The zero-order valence-electron chi connectivity index (χ0n) is 17.3. The van der Waals surface area contributed by atoms with Crippen LogP contribution in [0.25, 0.3) is 0 Å². The molecule has 0 spiro atoms. The minimum absolute atomic E-state index is 0.270. The molecular weight excluding hydrogens is 390 g/mol. The first kappa shape index (κ1) is 26.5. The van der Waals surface area contributed by atoms with E-state index in [1.165, 1.54) is 0 Å². The largest absolute Gasteiger partial charge is 0.497 e. The lowest BCUT2D eigenvalue weighted by Gasteiger charge is -2.17. The Balaban J connectivity index is 0.000000580. The van der Waals surface area contributed by atoms with E-state index in [4.69, 9.17) is 27.4 Å². The van der Waals surface area contributed by atoms with Crippen molar-refractivity contribution in [1.29, 1.82) is 0 Å². The molecule has 158 valence electrons. The highest BCUT2D eigenvalue weighted by Gasteiger charge is 2.24. The molecule has 0 saturated carbocycles. The highest BCUT2D eigenvalue weighted by atomic mass is 31.2. The first-order chi connectivity index (χ1) is 13.0. The average molecular weight is 424 g/mol. The van der Waals surface area contributed by atoms with E-state index >= 15 is 0 Å². The lowest BCUT2D eigenvalue weighted by Crippen LogP contribution is -1.99. The zero-order valence-corrected chi connectivity index (χ0v) is 19.1. The van der Waals surface area contributed by atoms with Gasteiger partial charge in [-0.15, -0.1) is 0 Å². The van der Waals surface area contributed by atoms with Crippen molar-refractivity contribution >= 4 is 16.2 Å². The molecule has 9 heteroatoms. The molecule has 27 heavy (non-hydrogen) atoms. The van der Waals surface area contributed by atoms with Gasteiger partial charge in [-0.05, 0) is 52.3 Å². The topological polar surface area (TPSA) is 72.5 Å². The third-order valence-corrected chi connectivity index (χ3v) is 6.33. The molecule has 0 saturated heterocycles. The Kier molecular flexibility index (Phi) is 16.1. The fraction of sp³-hybridized carbons (Fsp3) is 0.667. The summed E-state index contributed by atoms with van der Waals surface area (Å²) >= 11 is 0.